The van der Waals surface area contributed by atoms with E-state index in [1.807, 2.05) is 13.8 Å². The van der Waals surface area contributed by atoms with E-state index in [0.29, 0.717) is 12.5 Å². The molecule has 4 nitrogen and oxygen atoms in total. The minimum Gasteiger partial charge on any atom is -0.368 e. The average Bonchev–Trinajstić information content (AvgIpc) is 1.99. The molecule has 0 aliphatic rings. The molecule has 2 N–H and O–H groups in total. The molecule has 82 valence electrons. The minimum atomic E-state index is -0.479. The fraction of sp³-hybridized carbons (Fsp3) is 0.778. The number of rotatable bonds is 5. The van der Waals surface area contributed by atoms with Crippen molar-refractivity contribution >= 4 is 27.7 Å². The van der Waals surface area contributed by atoms with E-state index >= 15 is 0 Å². The van der Waals surface area contributed by atoms with E-state index in [1.165, 1.54) is 4.90 Å². The lowest BCUT2D eigenvalue weighted by Crippen LogP contribution is -2.43. The van der Waals surface area contributed by atoms with Crippen molar-refractivity contribution in [3.8, 4) is 0 Å². The summed E-state index contributed by atoms with van der Waals surface area (Å²) in [4.78, 5) is 23.5. The number of primary amides is 1. The summed E-state index contributed by atoms with van der Waals surface area (Å²) in [5.74, 6) is -0.255. The molecule has 14 heavy (non-hydrogen) atoms. The number of carbonyl (C=O) groups excluding carboxylic acids is 2. The second-order valence-corrected chi connectivity index (χ2v) is 5.07. The van der Waals surface area contributed by atoms with Gasteiger partial charge >= 0.3 is 0 Å². The zero-order valence-corrected chi connectivity index (χ0v) is 10.4. The summed E-state index contributed by atoms with van der Waals surface area (Å²) in [5.41, 5.74) is 5.06. The first-order valence-electron chi connectivity index (χ1n) is 4.55. The van der Waals surface area contributed by atoms with Crippen molar-refractivity contribution in [1.29, 1.82) is 0 Å². The lowest BCUT2D eigenvalue weighted by Gasteiger charge is -2.24. The Morgan fingerprint density at radius 1 is 1.36 bits per heavy atom. The third kappa shape index (κ3) is 5.21. The number of hydrogen-bond donors (Lipinski definition) is 1. The number of amides is 2. The smallest absolute Gasteiger partial charge is 0.237 e. The molecule has 0 heterocycles. The first kappa shape index (κ1) is 13.4. The van der Waals surface area contributed by atoms with Crippen molar-refractivity contribution in [2.75, 3.05) is 13.1 Å². The van der Waals surface area contributed by atoms with Crippen molar-refractivity contribution < 1.29 is 9.59 Å². The van der Waals surface area contributed by atoms with Crippen LogP contribution in [0.1, 0.15) is 20.8 Å². The Balaban J connectivity index is 4.38. The Kier molecular flexibility index (Phi) is 5.76. The SMILES string of the molecule is CC(C)CN(CC(N)=O)C(=O)C(C)Br. The minimum absolute atomic E-state index is 0.00699. The van der Waals surface area contributed by atoms with E-state index in [-0.39, 0.29) is 17.3 Å². The Morgan fingerprint density at radius 2 is 1.86 bits per heavy atom. The highest BCUT2D eigenvalue weighted by Crippen LogP contribution is 2.06. The molecule has 0 aliphatic carbocycles. The molecule has 0 aliphatic heterocycles. The fourth-order valence-corrected chi connectivity index (χ4v) is 1.40. The molecular formula is C9H17BrN2O2. The summed E-state index contributed by atoms with van der Waals surface area (Å²) in [7, 11) is 0. The lowest BCUT2D eigenvalue weighted by molar-refractivity contribution is -0.134. The molecule has 0 aromatic heterocycles. The molecule has 0 bridgehead atoms. The van der Waals surface area contributed by atoms with Crippen molar-refractivity contribution in [2.45, 2.75) is 25.6 Å². The molecule has 1 unspecified atom stereocenters. The van der Waals surface area contributed by atoms with Crippen LogP contribution in [0.15, 0.2) is 0 Å². The average molecular weight is 265 g/mol. The van der Waals surface area contributed by atoms with E-state index in [2.05, 4.69) is 15.9 Å². The van der Waals surface area contributed by atoms with Crippen LogP contribution >= 0.6 is 15.9 Å². The molecule has 0 fully saturated rings. The second-order valence-electron chi connectivity index (χ2n) is 3.69. The first-order chi connectivity index (χ1) is 6.34. The molecule has 1 atom stereocenters. The van der Waals surface area contributed by atoms with Gasteiger partial charge in [-0.05, 0) is 12.8 Å². The number of nitrogens with two attached hydrogens (primary N) is 1. The molecule has 0 saturated carbocycles. The number of halogens is 1. The summed E-state index contributed by atoms with van der Waals surface area (Å²) in [6, 6.07) is 0. The zero-order chi connectivity index (χ0) is 11.3. The largest absolute Gasteiger partial charge is 0.368 e. The van der Waals surface area contributed by atoms with Crippen molar-refractivity contribution in [3.63, 3.8) is 0 Å². The predicted molar refractivity (Wildman–Crippen MR) is 59.0 cm³/mol. The third-order valence-corrected chi connectivity index (χ3v) is 1.98. The number of alkyl halides is 1. The third-order valence-electron chi connectivity index (χ3n) is 1.58. The van der Waals surface area contributed by atoms with Crippen molar-refractivity contribution in [2.24, 2.45) is 11.7 Å². The van der Waals surface area contributed by atoms with Gasteiger partial charge in [-0.1, -0.05) is 29.8 Å². The van der Waals surface area contributed by atoms with Gasteiger partial charge in [-0.25, -0.2) is 0 Å². The van der Waals surface area contributed by atoms with Gasteiger partial charge in [0.15, 0.2) is 0 Å². The van der Waals surface area contributed by atoms with Crippen molar-refractivity contribution in [1.82, 2.24) is 4.90 Å². The highest BCUT2D eigenvalue weighted by molar-refractivity contribution is 9.10. The Labute approximate surface area is 92.9 Å². The molecule has 0 aromatic rings. The van der Waals surface area contributed by atoms with Crippen LogP contribution in [0.5, 0.6) is 0 Å². The van der Waals surface area contributed by atoms with Crippen LogP contribution in [0.3, 0.4) is 0 Å². The van der Waals surface area contributed by atoms with Crippen LogP contribution in [0.2, 0.25) is 0 Å². The van der Waals surface area contributed by atoms with Crippen LogP contribution in [0.4, 0.5) is 0 Å². The number of hydrogen-bond acceptors (Lipinski definition) is 2. The van der Waals surface area contributed by atoms with Crippen LogP contribution in [-0.2, 0) is 9.59 Å². The van der Waals surface area contributed by atoms with Gasteiger partial charge in [0.2, 0.25) is 11.8 Å². The molecule has 0 spiro atoms. The van der Waals surface area contributed by atoms with Gasteiger partial charge in [0, 0.05) is 6.54 Å². The topological polar surface area (TPSA) is 63.4 Å². The standard InChI is InChI=1S/C9H17BrN2O2/c1-6(2)4-12(5-8(11)13)9(14)7(3)10/h6-7H,4-5H2,1-3H3,(H2,11,13). The first-order valence-corrected chi connectivity index (χ1v) is 5.47. The molecule has 0 radical (unpaired) electrons. The summed E-state index contributed by atoms with van der Waals surface area (Å²) in [5, 5.41) is 0. The van der Waals surface area contributed by atoms with Crippen LogP contribution in [-0.4, -0.2) is 34.6 Å². The summed E-state index contributed by atoms with van der Waals surface area (Å²) >= 11 is 3.18. The Hall–Kier alpha value is -0.580. The monoisotopic (exact) mass is 264 g/mol. The molecule has 0 saturated heterocycles. The van der Waals surface area contributed by atoms with E-state index < -0.39 is 5.91 Å². The van der Waals surface area contributed by atoms with Gasteiger partial charge in [-0.15, -0.1) is 0 Å². The second kappa shape index (κ2) is 6.01. The van der Waals surface area contributed by atoms with Crippen molar-refractivity contribution in [3.05, 3.63) is 0 Å². The molecular weight excluding hydrogens is 248 g/mol. The Bertz CT molecular complexity index is 217. The highest BCUT2D eigenvalue weighted by atomic mass is 79.9. The van der Waals surface area contributed by atoms with Gasteiger partial charge in [0.25, 0.3) is 0 Å². The quantitative estimate of drug-likeness (QED) is 0.745. The summed E-state index contributed by atoms with van der Waals surface area (Å²) < 4.78 is 0. The van der Waals surface area contributed by atoms with Gasteiger partial charge in [-0.3, -0.25) is 9.59 Å². The van der Waals surface area contributed by atoms with E-state index in [4.69, 9.17) is 5.73 Å². The highest BCUT2D eigenvalue weighted by Gasteiger charge is 2.20. The molecule has 0 rings (SSSR count). The lowest BCUT2D eigenvalue weighted by atomic mass is 10.2. The molecule has 5 heteroatoms. The van der Waals surface area contributed by atoms with Crippen LogP contribution in [0.25, 0.3) is 0 Å². The maximum Gasteiger partial charge on any atom is 0.237 e. The van der Waals surface area contributed by atoms with E-state index in [0.717, 1.165) is 0 Å². The zero-order valence-electron chi connectivity index (χ0n) is 8.79. The van der Waals surface area contributed by atoms with Crippen LogP contribution in [0, 0.1) is 5.92 Å². The van der Waals surface area contributed by atoms with Gasteiger partial charge in [0.05, 0.1) is 11.4 Å². The number of nitrogens with zero attached hydrogens (tertiary/aromatic N) is 1. The molecule has 2 amide bonds. The Morgan fingerprint density at radius 3 is 2.14 bits per heavy atom. The number of carbonyl (C=O) groups is 2. The maximum atomic E-state index is 11.6. The van der Waals surface area contributed by atoms with Gasteiger partial charge in [-0.2, -0.15) is 0 Å². The van der Waals surface area contributed by atoms with E-state index in [1.54, 1.807) is 6.92 Å². The normalized spacial score (nSPS) is 12.6. The fourth-order valence-electron chi connectivity index (χ4n) is 1.11. The van der Waals surface area contributed by atoms with E-state index in [9.17, 15) is 9.59 Å². The van der Waals surface area contributed by atoms with Crippen LogP contribution < -0.4 is 5.73 Å². The summed E-state index contributed by atoms with van der Waals surface area (Å²) in [6.07, 6.45) is 0. The maximum absolute atomic E-state index is 11.6. The predicted octanol–water partition coefficient (Wildman–Crippen LogP) is 0.740. The molecule has 0 aromatic carbocycles. The summed E-state index contributed by atoms with van der Waals surface area (Å²) in [6.45, 7) is 6.25. The van der Waals surface area contributed by atoms with Gasteiger partial charge < -0.3 is 10.6 Å². The van der Waals surface area contributed by atoms with Gasteiger partial charge in [0.1, 0.15) is 0 Å².